The second kappa shape index (κ2) is 6.04. The molecule has 0 saturated carbocycles. The van der Waals surface area contributed by atoms with E-state index in [-0.39, 0.29) is 0 Å². The molecular weight excluding hydrogens is 262 g/mol. The molecule has 0 radical (unpaired) electrons. The van der Waals surface area contributed by atoms with Crippen LogP contribution in [-0.4, -0.2) is 40.3 Å². The van der Waals surface area contributed by atoms with Crippen molar-refractivity contribution >= 4 is 17.4 Å². The van der Waals surface area contributed by atoms with Gasteiger partial charge in [-0.25, -0.2) is 4.98 Å². The van der Waals surface area contributed by atoms with Gasteiger partial charge in [0.15, 0.2) is 0 Å². The molecule has 2 rings (SSSR count). The lowest BCUT2D eigenvalue weighted by molar-refractivity contribution is 0.370. The Labute approximate surface area is 118 Å². The molecule has 2 heterocycles. The van der Waals surface area contributed by atoms with Crippen LogP contribution >= 0.6 is 11.6 Å². The number of anilines is 1. The van der Waals surface area contributed by atoms with Gasteiger partial charge in [0.1, 0.15) is 5.82 Å². The van der Waals surface area contributed by atoms with Gasteiger partial charge in [0.25, 0.3) is 0 Å². The lowest BCUT2D eigenvalue weighted by Crippen LogP contribution is -2.20. The molecule has 6 heteroatoms. The smallest absolute Gasteiger partial charge is 0.123 e. The van der Waals surface area contributed by atoms with Crippen molar-refractivity contribution in [2.45, 2.75) is 13.0 Å². The number of hydrogen-bond donors (Lipinski definition) is 1. The van der Waals surface area contributed by atoms with E-state index in [0.717, 1.165) is 24.3 Å². The van der Waals surface area contributed by atoms with E-state index < -0.39 is 0 Å². The summed E-state index contributed by atoms with van der Waals surface area (Å²) in [6.07, 6.45) is 4.11. The Bertz CT molecular complexity index is 550. The van der Waals surface area contributed by atoms with Gasteiger partial charge < -0.3 is 10.6 Å². The van der Waals surface area contributed by atoms with Crippen molar-refractivity contribution in [1.82, 2.24) is 19.7 Å². The minimum absolute atomic E-state index is 0.521. The second-order valence-electron chi connectivity index (χ2n) is 4.73. The zero-order chi connectivity index (χ0) is 13.8. The SMILES string of the molecule is CN(C)CCn1ncc(Cl)c1Cc1ccnc(N)c1. The van der Waals surface area contributed by atoms with Crippen molar-refractivity contribution in [3.63, 3.8) is 0 Å². The second-order valence-corrected chi connectivity index (χ2v) is 5.14. The predicted octanol–water partition coefficient (Wildman–Crippen LogP) is 1.67. The van der Waals surface area contributed by atoms with Crippen LogP contribution in [0, 0.1) is 0 Å². The Kier molecular flexibility index (Phi) is 4.39. The van der Waals surface area contributed by atoms with Crippen molar-refractivity contribution in [2.75, 3.05) is 26.4 Å². The number of nitrogens with two attached hydrogens (primary N) is 1. The van der Waals surface area contributed by atoms with Crippen molar-refractivity contribution in [3.05, 3.63) is 40.8 Å². The standard InChI is InChI=1S/C13H18ClN5/c1-18(2)5-6-19-12(11(14)9-17-19)7-10-3-4-16-13(15)8-10/h3-4,8-9H,5-7H2,1-2H3,(H2,15,16). The van der Waals surface area contributed by atoms with Crippen molar-refractivity contribution in [2.24, 2.45) is 0 Å². The molecule has 0 amide bonds. The first-order chi connectivity index (χ1) is 9.06. The predicted molar refractivity (Wildman–Crippen MR) is 77.2 cm³/mol. The molecule has 0 spiro atoms. The molecule has 2 N–H and O–H groups in total. The summed E-state index contributed by atoms with van der Waals surface area (Å²) in [5.74, 6) is 0.521. The number of rotatable bonds is 5. The molecule has 5 nitrogen and oxygen atoms in total. The first-order valence-electron chi connectivity index (χ1n) is 6.11. The van der Waals surface area contributed by atoms with Crippen LogP contribution in [0.2, 0.25) is 5.02 Å². The van der Waals surface area contributed by atoms with Gasteiger partial charge in [-0.3, -0.25) is 4.68 Å². The summed E-state index contributed by atoms with van der Waals surface area (Å²) in [5, 5.41) is 5.01. The molecule has 0 aliphatic heterocycles. The van der Waals surface area contributed by atoms with Gasteiger partial charge in [-0.15, -0.1) is 0 Å². The van der Waals surface area contributed by atoms with Crippen LogP contribution < -0.4 is 5.73 Å². The summed E-state index contributed by atoms with van der Waals surface area (Å²) in [6.45, 7) is 1.74. The summed E-state index contributed by atoms with van der Waals surface area (Å²) >= 11 is 6.21. The molecule has 0 saturated heterocycles. The molecular formula is C13H18ClN5. The lowest BCUT2D eigenvalue weighted by atomic mass is 10.1. The highest BCUT2D eigenvalue weighted by atomic mass is 35.5. The molecule has 0 atom stereocenters. The topological polar surface area (TPSA) is 60.0 Å². The highest BCUT2D eigenvalue weighted by Crippen LogP contribution is 2.19. The molecule has 0 unspecified atom stereocenters. The maximum absolute atomic E-state index is 6.21. The van der Waals surface area contributed by atoms with E-state index in [1.165, 1.54) is 0 Å². The molecule has 102 valence electrons. The summed E-state index contributed by atoms with van der Waals surface area (Å²) < 4.78 is 1.94. The van der Waals surface area contributed by atoms with E-state index in [4.69, 9.17) is 17.3 Å². The Balaban J connectivity index is 2.17. The lowest BCUT2D eigenvalue weighted by Gasteiger charge is -2.12. The fourth-order valence-corrected chi connectivity index (χ4v) is 2.06. The zero-order valence-corrected chi connectivity index (χ0v) is 11.9. The van der Waals surface area contributed by atoms with E-state index in [9.17, 15) is 0 Å². The number of halogens is 1. The minimum atomic E-state index is 0.521. The zero-order valence-electron chi connectivity index (χ0n) is 11.2. The first-order valence-corrected chi connectivity index (χ1v) is 6.49. The monoisotopic (exact) mass is 279 g/mol. The molecule has 2 aromatic rings. The van der Waals surface area contributed by atoms with Gasteiger partial charge in [0.05, 0.1) is 23.5 Å². The molecule has 0 aromatic carbocycles. The minimum Gasteiger partial charge on any atom is -0.384 e. The van der Waals surface area contributed by atoms with E-state index in [1.54, 1.807) is 12.4 Å². The highest BCUT2D eigenvalue weighted by molar-refractivity contribution is 6.31. The molecule has 0 aliphatic rings. The Hall–Kier alpha value is -1.59. The average Bonchev–Trinajstić information content (AvgIpc) is 2.68. The first kappa shape index (κ1) is 13.8. The van der Waals surface area contributed by atoms with E-state index in [1.807, 2.05) is 30.9 Å². The van der Waals surface area contributed by atoms with E-state index in [0.29, 0.717) is 17.3 Å². The van der Waals surface area contributed by atoms with Crippen LogP contribution in [0.5, 0.6) is 0 Å². The van der Waals surface area contributed by atoms with Crippen molar-refractivity contribution in [1.29, 1.82) is 0 Å². The van der Waals surface area contributed by atoms with Crippen LogP contribution in [0.25, 0.3) is 0 Å². The fraction of sp³-hybridized carbons (Fsp3) is 0.385. The number of aromatic nitrogens is 3. The van der Waals surface area contributed by atoms with Gasteiger partial charge in [0.2, 0.25) is 0 Å². The molecule has 0 bridgehead atoms. The maximum Gasteiger partial charge on any atom is 0.123 e. The summed E-state index contributed by atoms with van der Waals surface area (Å²) in [4.78, 5) is 6.10. The highest BCUT2D eigenvalue weighted by Gasteiger charge is 2.10. The van der Waals surface area contributed by atoms with Crippen LogP contribution in [0.3, 0.4) is 0 Å². The van der Waals surface area contributed by atoms with Crippen LogP contribution in [0.4, 0.5) is 5.82 Å². The van der Waals surface area contributed by atoms with Gasteiger partial charge in [-0.1, -0.05) is 11.6 Å². The number of likely N-dealkylation sites (N-methyl/N-ethyl adjacent to an activating group) is 1. The van der Waals surface area contributed by atoms with Crippen molar-refractivity contribution < 1.29 is 0 Å². The number of nitrogens with zero attached hydrogens (tertiary/aromatic N) is 4. The summed E-state index contributed by atoms with van der Waals surface area (Å²) in [5.41, 5.74) is 7.78. The van der Waals surface area contributed by atoms with Gasteiger partial charge in [0, 0.05) is 19.2 Å². The molecule has 19 heavy (non-hydrogen) atoms. The third kappa shape index (κ3) is 3.68. The summed E-state index contributed by atoms with van der Waals surface area (Å²) in [7, 11) is 4.07. The Morgan fingerprint density at radius 1 is 1.42 bits per heavy atom. The summed E-state index contributed by atoms with van der Waals surface area (Å²) in [6, 6.07) is 3.80. The Morgan fingerprint density at radius 3 is 2.89 bits per heavy atom. The van der Waals surface area contributed by atoms with Crippen LogP contribution in [0.15, 0.2) is 24.5 Å². The number of nitrogen functional groups attached to an aromatic ring is 1. The maximum atomic E-state index is 6.21. The number of hydrogen-bond acceptors (Lipinski definition) is 4. The normalized spacial score (nSPS) is 11.2. The van der Waals surface area contributed by atoms with Gasteiger partial charge in [-0.05, 0) is 31.8 Å². The van der Waals surface area contributed by atoms with E-state index in [2.05, 4.69) is 15.0 Å². The molecule has 2 aromatic heterocycles. The largest absolute Gasteiger partial charge is 0.384 e. The molecule has 0 aliphatic carbocycles. The van der Waals surface area contributed by atoms with E-state index >= 15 is 0 Å². The third-order valence-electron chi connectivity index (χ3n) is 2.87. The van der Waals surface area contributed by atoms with Crippen LogP contribution in [-0.2, 0) is 13.0 Å². The average molecular weight is 280 g/mol. The molecule has 0 fully saturated rings. The quantitative estimate of drug-likeness (QED) is 0.904. The fourth-order valence-electron chi connectivity index (χ4n) is 1.85. The Morgan fingerprint density at radius 2 is 2.21 bits per heavy atom. The van der Waals surface area contributed by atoms with Gasteiger partial charge >= 0.3 is 0 Å². The third-order valence-corrected chi connectivity index (χ3v) is 3.19. The number of pyridine rings is 1. The van der Waals surface area contributed by atoms with Crippen LogP contribution in [0.1, 0.15) is 11.3 Å². The van der Waals surface area contributed by atoms with Crippen molar-refractivity contribution in [3.8, 4) is 0 Å². The van der Waals surface area contributed by atoms with Gasteiger partial charge in [-0.2, -0.15) is 5.10 Å².